The zero-order valence-corrected chi connectivity index (χ0v) is 31.6. The predicted molar refractivity (Wildman–Crippen MR) is 196 cm³/mol. The maximum atomic E-state index is 15.9. The van der Waals surface area contributed by atoms with E-state index in [4.69, 9.17) is 28.3 Å². The van der Waals surface area contributed by atoms with Crippen molar-refractivity contribution in [2.45, 2.75) is 77.0 Å². The monoisotopic (exact) mass is 732 g/mol. The van der Waals surface area contributed by atoms with Crippen LogP contribution in [0.2, 0.25) is 25.7 Å². The van der Waals surface area contributed by atoms with Crippen molar-refractivity contribution in [2.75, 3.05) is 32.9 Å². The van der Waals surface area contributed by atoms with Gasteiger partial charge in [0, 0.05) is 56.8 Å². The van der Waals surface area contributed by atoms with Crippen molar-refractivity contribution in [1.82, 2.24) is 14.5 Å². The number of hydrogen-bond donors (Lipinski definition) is 1. The third kappa shape index (κ3) is 7.92. The van der Waals surface area contributed by atoms with E-state index in [0.717, 1.165) is 26.6 Å². The molecule has 0 aliphatic carbocycles. The number of nitrogens with zero attached hydrogens (tertiary/aromatic N) is 3. The van der Waals surface area contributed by atoms with Crippen molar-refractivity contribution in [3.63, 3.8) is 0 Å². The Morgan fingerprint density at radius 2 is 1.85 bits per heavy atom. The standard InChI is InChI=1S/C38H45FN4O8Si/c1-38(2)19-25-17-29(41-35(34(25)51-38)40-20-24-8-10-26(47-3)18-31(24)48-4)23-9-11-27(28(39)16-23)32-21-42(37(46)50-32)30-12-13-33(44)43(36(30)45)22-49-14-15-52(5,6)7/h8-11,16-18,21,30H,12-15,19-20,22H2,1-7H3,(H,40,41). The first-order valence-corrected chi connectivity index (χ1v) is 21.0. The fourth-order valence-corrected chi connectivity index (χ4v) is 7.12. The number of amides is 2. The minimum absolute atomic E-state index is 0.0375. The zero-order valence-electron chi connectivity index (χ0n) is 30.6. The van der Waals surface area contributed by atoms with Crippen molar-refractivity contribution in [3.05, 3.63) is 76.2 Å². The molecule has 0 spiro atoms. The number of oxazole rings is 1. The van der Waals surface area contributed by atoms with Crippen LogP contribution in [-0.4, -0.2) is 67.5 Å². The van der Waals surface area contributed by atoms with E-state index in [0.29, 0.717) is 53.9 Å². The fourth-order valence-electron chi connectivity index (χ4n) is 6.36. The second-order valence-electron chi connectivity index (χ2n) is 14.9. The highest BCUT2D eigenvalue weighted by atomic mass is 28.3. The summed E-state index contributed by atoms with van der Waals surface area (Å²) >= 11 is 0. The Balaban J connectivity index is 1.23. The number of halogens is 1. The minimum atomic E-state index is -1.36. The number of imide groups is 1. The van der Waals surface area contributed by atoms with Gasteiger partial charge >= 0.3 is 5.76 Å². The molecule has 2 amide bonds. The highest BCUT2D eigenvalue weighted by Gasteiger charge is 2.37. The van der Waals surface area contributed by atoms with Gasteiger partial charge in [0.05, 0.1) is 31.7 Å². The number of hydrogen-bond acceptors (Lipinski definition) is 10. The number of carbonyl (C=O) groups excluding carboxylic acids is 2. The number of anilines is 1. The van der Waals surface area contributed by atoms with Gasteiger partial charge in [-0.05, 0) is 56.6 Å². The van der Waals surface area contributed by atoms with Gasteiger partial charge in [0.25, 0.3) is 5.91 Å². The van der Waals surface area contributed by atoms with Crippen LogP contribution in [0, 0.1) is 5.82 Å². The van der Waals surface area contributed by atoms with Crippen molar-refractivity contribution in [2.24, 2.45) is 0 Å². The van der Waals surface area contributed by atoms with Crippen LogP contribution in [0.1, 0.15) is 43.9 Å². The molecule has 4 aromatic rings. The van der Waals surface area contributed by atoms with Gasteiger partial charge in [0.2, 0.25) is 5.91 Å². The van der Waals surface area contributed by atoms with Gasteiger partial charge < -0.3 is 28.7 Å². The molecule has 12 nitrogen and oxygen atoms in total. The van der Waals surface area contributed by atoms with E-state index in [-0.39, 0.29) is 36.8 Å². The first-order chi connectivity index (χ1) is 24.7. The van der Waals surface area contributed by atoms with E-state index in [1.165, 1.54) is 18.3 Å². The molecule has 0 bridgehead atoms. The highest BCUT2D eigenvalue weighted by Crippen LogP contribution is 2.42. The molecule has 2 aliphatic heterocycles. The molecule has 1 saturated heterocycles. The number of benzene rings is 2. The number of fused-ring (bicyclic) bond motifs is 1. The number of carbonyl (C=O) groups is 2. The Morgan fingerprint density at radius 3 is 2.56 bits per heavy atom. The Bertz CT molecular complexity index is 2050. The van der Waals surface area contributed by atoms with E-state index in [9.17, 15) is 14.4 Å². The summed E-state index contributed by atoms with van der Waals surface area (Å²) in [7, 11) is 1.83. The summed E-state index contributed by atoms with van der Waals surface area (Å²) in [4.78, 5) is 44.8. The Kier molecular flexibility index (Phi) is 10.3. The molecule has 276 valence electrons. The van der Waals surface area contributed by atoms with Crippen LogP contribution in [0.5, 0.6) is 17.2 Å². The summed E-state index contributed by atoms with van der Waals surface area (Å²) in [5, 5.41) is 3.38. The van der Waals surface area contributed by atoms with Crippen molar-refractivity contribution in [3.8, 4) is 39.8 Å². The number of aromatic nitrogens is 2. The third-order valence-corrected chi connectivity index (χ3v) is 10.9. The molecule has 1 fully saturated rings. The lowest BCUT2D eigenvalue weighted by Gasteiger charge is -2.30. The summed E-state index contributed by atoms with van der Waals surface area (Å²) in [5.41, 5.74) is 2.43. The maximum Gasteiger partial charge on any atom is 0.420 e. The van der Waals surface area contributed by atoms with Crippen LogP contribution in [-0.2, 0) is 27.3 Å². The first-order valence-electron chi connectivity index (χ1n) is 17.3. The van der Waals surface area contributed by atoms with Gasteiger partial charge in [-0.15, -0.1) is 0 Å². The average molecular weight is 733 g/mol. The molecule has 2 aliphatic rings. The van der Waals surface area contributed by atoms with Crippen molar-refractivity contribution < 1.29 is 37.3 Å². The SMILES string of the molecule is COc1ccc(CNc2nc(-c3ccc(-c4cn(C5CCC(=O)N(COCC[Si](C)(C)C)C5=O)c(=O)o4)c(F)c3)cc3c2OC(C)(C)C3)c(OC)c1. The Morgan fingerprint density at radius 1 is 1.06 bits per heavy atom. The van der Waals surface area contributed by atoms with Gasteiger partial charge in [-0.25, -0.2) is 14.2 Å². The second-order valence-corrected chi connectivity index (χ2v) is 20.6. The van der Waals surface area contributed by atoms with Gasteiger partial charge in [0.1, 0.15) is 35.7 Å². The zero-order chi connectivity index (χ0) is 37.4. The molecular weight excluding hydrogens is 688 g/mol. The predicted octanol–water partition coefficient (Wildman–Crippen LogP) is 6.65. The second kappa shape index (κ2) is 14.6. The molecule has 4 heterocycles. The molecule has 52 heavy (non-hydrogen) atoms. The fraction of sp³-hybridized carbons (Fsp3) is 0.421. The lowest BCUT2D eigenvalue weighted by molar-refractivity contribution is -0.157. The van der Waals surface area contributed by atoms with E-state index >= 15 is 4.39 Å². The lowest BCUT2D eigenvalue weighted by Crippen LogP contribution is -2.48. The van der Waals surface area contributed by atoms with Crippen LogP contribution in [0.25, 0.3) is 22.6 Å². The highest BCUT2D eigenvalue weighted by molar-refractivity contribution is 6.76. The Hall–Kier alpha value is -4.95. The average Bonchev–Trinajstić information content (AvgIpc) is 3.63. The minimum Gasteiger partial charge on any atom is -0.497 e. The number of likely N-dealkylation sites (tertiary alicyclic amines) is 1. The molecule has 2 aromatic heterocycles. The molecule has 0 saturated carbocycles. The van der Waals surface area contributed by atoms with Crippen LogP contribution in [0.15, 0.2) is 57.9 Å². The van der Waals surface area contributed by atoms with Crippen LogP contribution in [0.3, 0.4) is 0 Å². The van der Waals surface area contributed by atoms with Crippen LogP contribution in [0.4, 0.5) is 10.2 Å². The van der Waals surface area contributed by atoms with E-state index in [1.807, 2.05) is 32.0 Å². The summed E-state index contributed by atoms with van der Waals surface area (Å²) in [6, 6.07) is 11.9. The van der Waals surface area contributed by atoms with Crippen molar-refractivity contribution in [1.29, 1.82) is 0 Å². The molecule has 6 rings (SSSR count). The molecular formula is C38H45FN4O8Si. The maximum absolute atomic E-state index is 15.9. The van der Waals surface area contributed by atoms with E-state index in [2.05, 4.69) is 25.0 Å². The van der Waals surface area contributed by atoms with Gasteiger partial charge in [-0.2, -0.15) is 0 Å². The normalized spacial score (nSPS) is 16.8. The van der Waals surface area contributed by atoms with Gasteiger partial charge in [0.15, 0.2) is 17.3 Å². The number of piperidine rings is 1. The summed E-state index contributed by atoms with van der Waals surface area (Å²) in [6.07, 6.45) is 2.14. The van der Waals surface area contributed by atoms with Gasteiger partial charge in [-0.1, -0.05) is 25.7 Å². The summed E-state index contributed by atoms with van der Waals surface area (Å²) in [6.45, 7) is 11.3. The molecule has 1 unspecified atom stereocenters. The number of ether oxygens (including phenoxy) is 4. The number of nitrogens with one attached hydrogen (secondary N) is 1. The molecule has 1 atom stereocenters. The number of rotatable bonds is 13. The van der Waals surface area contributed by atoms with Crippen LogP contribution >= 0.6 is 0 Å². The quantitative estimate of drug-likeness (QED) is 0.0904. The summed E-state index contributed by atoms with van der Waals surface area (Å²) in [5.74, 6) is 0.0549. The summed E-state index contributed by atoms with van der Waals surface area (Å²) < 4.78 is 45.3. The lowest BCUT2D eigenvalue weighted by atomic mass is 9.99. The molecule has 2 aromatic carbocycles. The molecule has 1 N–H and O–H groups in total. The molecule has 14 heteroatoms. The first kappa shape index (κ1) is 36.8. The Labute approximate surface area is 302 Å². The van der Waals surface area contributed by atoms with Crippen molar-refractivity contribution >= 4 is 25.7 Å². The number of pyridine rings is 1. The van der Waals surface area contributed by atoms with Gasteiger partial charge in [-0.3, -0.25) is 19.1 Å². The van der Waals surface area contributed by atoms with E-state index < -0.39 is 37.2 Å². The third-order valence-electron chi connectivity index (χ3n) is 9.22. The van der Waals surface area contributed by atoms with Crippen LogP contribution < -0.4 is 25.3 Å². The topological polar surface area (TPSA) is 134 Å². The molecule has 0 radical (unpaired) electrons. The number of methoxy groups -OCH3 is 2. The van der Waals surface area contributed by atoms with E-state index in [1.54, 1.807) is 26.4 Å². The largest absolute Gasteiger partial charge is 0.497 e. The smallest absolute Gasteiger partial charge is 0.420 e.